The van der Waals surface area contributed by atoms with Gasteiger partial charge in [-0.05, 0) is 46.3 Å². The Morgan fingerprint density at radius 3 is 2.58 bits per heavy atom. The average Bonchev–Trinajstić information content (AvgIpc) is 2.91. The Morgan fingerprint density at radius 1 is 1.19 bits per heavy atom. The van der Waals surface area contributed by atoms with Gasteiger partial charge in [-0.1, -0.05) is 27.5 Å². The van der Waals surface area contributed by atoms with Crippen molar-refractivity contribution in [3.8, 4) is 5.75 Å². The lowest BCUT2D eigenvalue weighted by atomic mass is 10.1. The molecule has 0 aliphatic carbocycles. The lowest BCUT2D eigenvalue weighted by Crippen LogP contribution is -2.07. The number of carbonyl (C=O) groups is 1. The second-order valence-electron chi connectivity index (χ2n) is 5.09. The fraction of sp³-hybridized carbons (Fsp3) is 0.0588. The maximum absolute atomic E-state index is 13.5. The zero-order chi connectivity index (χ0) is 19.0. The largest absolute Gasteiger partial charge is 0.495 e. The zero-order valence-corrected chi connectivity index (χ0v) is 16.9. The van der Waals surface area contributed by atoms with Crippen LogP contribution in [0.5, 0.6) is 5.75 Å². The molecule has 0 unspecified atom stereocenters. The van der Waals surface area contributed by atoms with Gasteiger partial charge in [-0.3, -0.25) is 0 Å². The molecule has 0 amide bonds. The van der Waals surface area contributed by atoms with Crippen molar-refractivity contribution in [2.45, 2.75) is 0 Å². The molecule has 134 valence electrons. The van der Waals surface area contributed by atoms with E-state index in [9.17, 15) is 13.6 Å². The Balaban J connectivity index is 2.07. The van der Waals surface area contributed by atoms with E-state index in [4.69, 9.17) is 21.1 Å². The normalized spacial score (nSPS) is 15.2. The second-order valence-corrected chi connectivity index (χ2v) is 7.27. The van der Waals surface area contributed by atoms with E-state index in [2.05, 4.69) is 36.9 Å². The van der Waals surface area contributed by atoms with Gasteiger partial charge in [-0.25, -0.2) is 18.6 Å². The van der Waals surface area contributed by atoms with Crippen LogP contribution in [0.15, 0.2) is 43.9 Å². The van der Waals surface area contributed by atoms with Crippen LogP contribution >= 0.6 is 43.5 Å². The lowest BCUT2D eigenvalue weighted by Gasteiger charge is -2.08. The second kappa shape index (κ2) is 7.46. The van der Waals surface area contributed by atoms with Crippen molar-refractivity contribution < 1.29 is 23.0 Å². The molecular weight excluding hydrogens is 499 g/mol. The molecular formula is C17H8Br2ClF2NO3. The summed E-state index contributed by atoms with van der Waals surface area (Å²) in [4.78, 5) is 16.2. The van der Waals surface area contributed by atoms with E-state index < -0.39 is 17.6 Å². The molecule has 0 aromatic heterocycles. The van der Waals surface area contributed by atoms with E-state index in [0.717, 1.165) is 16.6 Å². The minimum atomic E-state index is -1.13. The summed E-state index contributed by atoms with van der Waals surface area (Å²) in [5.41, 5.74) is 0.496. The van der Waals surface area contributed by atoms with E-state index in [1.807, 2.05) is 0 Å². The number of benzene rings is 2. The van der Waals surface area contributed by atoms with Gasteiger partial charge in [-0.2, -0.15) is 0 Å². The highest BCUT2D eigenvalue weighted by atomic mass is 79.9. The molecule has 9 heteroatoms. The first-order valence-electron chi connectivity index (χ1n) is 7.00. The number of hydrogen-bond donors (Lipinski definition) is 0. The van der Waals surface area contributed by atoms with Gasteiger partial charge in [-0.15, -0.1) is 0 Å². The summed E-state index contributed by atoms with van der Waals surface area (Å²) in [6, 6.07) is 5.12. The highest BCUT2D eigenvalue weighted by molar-refractivity contribution is 9.11. The minimum Gasteiger partial charge on any atom is -0.495 e. The third-order valence-corrected chi connectivity index (χ3v) is 4.75. The Bertz CT molecular complexity index is 992. The molecule has 1 aliphatic heterocycles. The molecule has 1 heterocycles. The topological polar surface area (TPSA) is 47.9 Å². The molecule has 0 fully saturated rings. The smallest absolute Gasteiger partial charge is 0.363 e. The van der Waals surface area contributed by atoms with Crippen LogP contribution in [0.2, 0.25) is 5.02 Å². The van der Waals surface area contributed by atoms with Crippen molar-refractivity contribution in [3.63, 3.8) is 0 Å². The van der Waals surface area contributed by atoms with Crippen LogP contribution in [0.25, 0.3) is 6.08 Å². The molecule has 0 spiro atoms. The van der Waals surface area contributed by atoms with Crippen LogP contribution in [-0.4, -0.2) is 19.0 Å². The number of carbonyl (C=O) groups excluding carboxylic acids is 1. The van der Waals surface area contributed by atoms with Gasteiger partial charge in [0.1, 0.15) is 5.75 Å². The van der Waals surface area contributed by atoms with Crippen molar-refractivity contribution in [2.24, 2.45) is 4.99 Å². The van der Waals surface area contributed by atoms with Crippen LogP contribution in [0.1, 0.15) is 11.1 Å². The maximum atomic E-state index is 13.5. The van der Waals surface area contributed by atoms with Crippen LogP contribution < -0.4 is 4.74 Å². The maximum Gasteiger partial charge on any atom is 0.363 e. The number of ether oxygens (including phenoxy) is 2. The zero-order valence-electron chi connectivity index (χ0n) is 12.9. The van der Waals surface area contributed by atoms with Gasteiger partial charge >= 0.3 is 5.97 Å². The quantitative estimate of drug-likeness (QED) is 0.313. The Morgan fingerprint density at radius 2 is 1.88 bits per heavy atom. The summed E-state index contributed by atoms with van der Waals surface area (Å²) >= 11 is 12.6. The molecule has 2 aromatic rings. The number of nitrogens with zero attached hydrogens (tertiary/aromatic N) is 1. The van der Waals surface area contributed by atoms with E-state index in [1.54, 1.807) is 12.1 Å². The van der Waals surface area contributed by atoms with Crippen LogP contribution in [0, 0.1) is 11.6 Å². The van der Waals surface area contributed by atoms with Crippen LogP contribution in [-0.2, 0) is 9.53 Å². The summed E-state index contributed by atoms with van der Waals surface area (Å²) in [7, 11) is 1.48. The number of hydrogen-bond acceptors (Lipinski definition) is 4. The molecule has 0 N–H and O–H groups in total. The van der Waals surface area contributed by atoms with Gasteiger partial charge in [0.05, 0.1) is 22.2 Å². The number of methoxy groups -OCH3 is 1. The average molecular weight is 508 g/mol. The summed E-state index contributed by atoms with van der Waals surface area (Å²) in [5.74, 6) is -2.71. The van der Waals surface area contributed by atoms with Crippen molar-refractivity contribution in [2.75, 3.05) is 7.11 Å². The van der Waals surface area contributed by atoms with Gasteiger partial charge in [0, 0.05) is 10.0 Å². The van der Waals surface area contributed by atoms with E-state index in [-0.39, 0.29) is 22.2 Å². The van der Waals surface area contributed by atoms with Crippen molar-refractivity contribution in [3.05, 3.63) is 66.7 Å². The fourth-order valence-electron chi connectivity index (χ4n) is 2.26. The fourth-order valence-corrected chi connectivity index (χ4v) is 3.91. The molecule has 26 heavy (non-hydrogen) atoms. The number of aliphatic imine (C=N–C) groups is 1. The Labute approximate surface area is 168 Å². The van der Waals surface area contributed by atoms with Gasteiger partial charge < -0.3 is 9.47 Å². The number of rotatable bonds is 3. The summed E-state index contributed by atoms with van der Waals surface area (Å²) in [5, 5.41) is -0.125. The first-order valence-corrected chi connectivity index (χ1v) is 8.97. The number of esters is 1. The predicted octanol–water partition coefficient (Wildman–Crippen LogP) is 5.50. The number of cyclic esters (lactones) is 1. The van der Waals surface area contributed by atoms with Crippen LogP contribution in [0.3, 0.4) is 0 Å². The molecule has 1 aliphatic rings. The first-order chi connectivity index (χ1) is 12.3. The predicted molar refractivity (Wildman–Crippen MR) is 100 cm³/mol. The number of halogens is 5. The molecule has 0 atom stereocenters. The van der Waals surface area contributed by atoms with E-state index >= 15 is 0 Å². The summed E-state index contributed by atoms with van der Waals surface area (Å²) in [6.45, 7) is 0. The Kier molecular flexibility index (Phi) is 5.45. The third-order valence-electron chi connectivity index (χ3n) is 3.39. The Hall–Kier alpha value is -1.77. The molecule has 0 saturated heterocycles. The van der Waals surface area contributed by atoms with Crippen molar-refractivity contribution in [1.82, 2.24) is 0 Å². The van der Waals surface area contributed by atoms with E-state index in [0.29, 0.717) is 15.8 Å². The summed E-state index contributed by atoms with van der Waals surface area (Å²) in [6.07, 6.45) is 1.46. The third kappa shape index (κ3) is 3.67. The highest BCUT2D eigenvalue weighted by Crippen LogP contribution is 2.35. The van der Waals surface area contributed by atoms with Gasteiger partial charge in [0.2, 0.25) is 5.90 Å². The van der Waals surface area contributed by atoms with E-state index in [1.165, 1.54) is 13.2 Å². The monoisotopic (exact) mass is 505 g/mol. The van der Waals surface area contributed by atoms with Gasteiger partial charge in [0.25, 0.3) is 0 Å². The lowest BCUT2D eigenvalue weighted by molar-refractivity contribution is -0.129. The standard InChI is InChI=1S/C17H8Br2ClF2NO3/c1-25-15-7(2-8(18)4-10(15)19)3-14-17(24)26-16(23-14)9-5-12(21)13(22)6-11(9)20/h2-6H,1H3. The van der Waals surface area contributed by atoms with Crippen LogP contribution in [0.4, 0.5) is 8.78 Å². The highest BCUT2D eigenvalue weighted by Gasteiger charge is 2.27. The van der Waals surface area contributed by atoms with Crippen molar-refractivity contribution >= 4 is 61.4 Å². The molecule has 3 rings (SSSR count). The first kappa shape index (κ1) is 19.0. The molecule has 0 radical (unpaired) electrons. The minimum absolute atomic E-state index is 0.0234. The molecule has 4 nitrogen and oxygen atoms in total. The summed E-state index contributed by atoms with van der Waals surface area (Å²) < 4.78 is 38.4. The molecule has 2 aromatic carbocycles. The van der Waals surface area contributed by atoms with Crippen molar-refractivity contribution in [1.29, 1.82) is 0 Å². The van der Waals surface area contributed by atoms with Gasteiger partial charge in [0.15, 0.2) is 17.3 Å². The molecule has 0 saturated carbocycles. The molecule has 0 bridgehead atoms. The SMILES string of the molecule is COc1c(Br)cc(Br)cc1C=C1N=C(c2cc(F)c(F)cc2Cl)OC1=O.